The number of hydrogen-bond donors (Lipinski definition) is 1. The van der Waals surface area contributed by atoms with E-state index in [1.54, 1.807) is 0 Å². The number of hydrogen-bond acceptors (Lipinski definition) is 3. The lowest BCUT2D eigenvalue weighted by atomic mass is 10.1. The summed E-state index contributed by atoms with van der Waals surface area (Å²) >= 11 is 1.97. The monoisotopic (exact) mass is 263 g/mol. The van der Waals surface area contributed by atoms with E-state index in [1.165, 1.54) is 23.1 Å². The number of aryl methyl sites for hydroxylation is 1. The normalized spacial score (nSPS) is 13.1. The first-order chi connectivity index (χ1) is 8.74. The van der Waals surface area contributed by atoms with Crippen molar-refractivity contribution in [1.29, 1.82) is 0 Å². The first-order valence-electron chi connectivity index (χ1n) is 6.49. The molecule has 0 amide bonds. The van der Waals surface area contributed by atoms with E-state index in [2.05, 4.69) is 43.4 Å². The Bertz CT molecular complexity index is 506. The van der Waals surface area contributed by atoms with Crippen LogP contribution in [0.1, 0.15) is 30.7 Å². The van der Waals surface area contributed by atoms with Gasteiger partial charge in [-0.3, -0.25) is 0 Å². The maximum Gasteiger partial charge on any atom is 0.134 e. The summed E-state index contributed by atoms with van der Waals surface area (Å²) in [6.07, 6.45) is 1.22. The quantitative estimate of drug-likeness (QED) is 0.793. The second kappa shape index (κ2) is 6.30. The van der Waals surface area contributed by atoms with Gasteiger partial charge in [0.1, 0.15) is 11.3 Å². The van der Waals surface area contributed by atoms with Gasteiger partial charge < -0.3 is 9.73 Å². The molecule has 1 aromatic carbocycles. The highest BCUT2D eigenvalue weighted by Gasteiger charge is 2.14. The van der Waals surface area contributed by atoms with Crippen molar-refractivity contribution in [2.75, 3.05) is 18.6 Å². The fourth-order valence-electron chi connectivity index (χ4n) is 2.01. The molecule has 1 unspecified atom stereocenters. The minimum Gasteiger partial charge on any atom is -0.459 e. The predicted octanol–water partition coefficient (Wildman–Crippen LogP) is 4.14. The van der Waals surface area contributed by atoms with Crippen LogP contribution in [0.2, 0.25) is 0 Å². The molecule has 18 heavy (non-hydrogen) atoms. The lowest BCUT2D eigenvalue weighted by Gasteiger charge is -2.12. The van der Waals surface area contributed by atoms with Crippen LogP contribution < -0.4 is 5.32 Å². The highest BCUT2D eigenvalue weighted by atomic mass is 32.2. The van der Waals surface area contributed by atoms with E-state index in [9.17, 15) is 0 Å². The van der Waals surface area contributed by atoms with Gasteiger partial charge in [0.05, 0.1) is 6.04 Å². The Morgan fingerprint density at radius 1 is 1.33 bits per heavy atom. The molecule has 2 rings (SSSR count). The summed E-state index contributed by atoms with van der Waals surface area (Å²) in [7, 11) is 2.00. The Hall–Kier alpha value is -0.930. The molecule has 0 bridgehead atoms. The lowest BCUT2D eigenvalue weighted by Crippen LogP contribution is -2.18. The maximum absolute atomic E-state index is 5.93. The van der Waals surface area contributed by atoms with Crippen LogP contribution in [0, 0.1) is 6.92 Å². The standard InChI is InChI=1S/C15H21NOS/c1-4-7-18-10-13(16-3)15-9-12-8-11(2)5-6-14(12)17-15/h5-6,8-9,13,16H,4,7,10H2,1-3H3. The van der Waals surface area contributed by atoms with Crippen molar-refractivity contribution in [2.45, 2.75) is 26.3 Å². The van der Waals surface area contributed by atoms with E-state index < -0.39 is 0 Å². The van der Waals surface area contributed by atoms with Crippen LogP contribution in [0.4, 0.5) is 0 Å². The smallest absolute Gasteiger partial charge is 0.134 e. The molecule has 1 atom stereocenters. The van der Waals surface area contributed by atoms with Crippen molar-refractivity contribution < 1.29 is 4.42 Å². The molecule has 98 valence electrons. The summed E-state index contributed by atoms with van der Waals surface area (Å²) in [6.45, 7) is 4.32. The third kappa shape index (κ3) is 3.09. The fraction of sp³-hybridized carbons (Fsp3) is 0.467. The van der Waals surface area contributed by atoms with Crippen LogP contribution in [0.15, 0.2) is 28.7 Å². The number of thioether (sulfide) groups is 1. The van der Waals surface area contributed by atoms with Crippen molar-refractivity contribution >= 4 is 22.7 Å². The average Bonchev–Trinajstić information content (AvgIpc) is 2.77. The zero-order chi connectivity index (χ0) is 13.0. The first-order valence-corrected chi connectivity index (χ1v) is 7.65. The van der Waals surface area contributed by atoms with Crippen molar-refractivity contribution in [3.63, 3.8) is 0 Å². The summed E-state index contributed by atoms with van der Waals surface area (Å²) in [6, 6.07) is 8.79. The number of furan rings is 1. The number of benzene rings is 1. The van der Waals surface area contributed by atoms with E-state index in [0.29, 0.717) is 6.04 Å². The SMILES string of the molecule is CCCSCC(NC)c1cc2cc(C)ccc2o1. The Morgan fingerprint density at radius 3 is 2.89 bits per heavy atom. The minimum absolute atomic E-state index is 0.300. The van der Waals surface area contributed by atoms with Crippen LogP contribution in [-0.2, 0) is 0 Å². The van der Waals surface area contributed by atoms with Crippen molar-refractivity contribution in [2.24, 2.45) is 0 Å². The molecule has 0 saturated heterocycles. The number of nitrogens with one attached hydrogen (secondary N) is 1. The van der Waals surface area contributed by atoms with E-state index in [0.717, 1.165) is 17.1 Å². The fourth-order valence-corrected chi connectivity index (χ4v) is 3.03. The summed E-state index contributed by atoms with van der Waals surface area (Å²) < 4.78 is 5.93. The third-order valence-corrected chi connectivity index (χ3v) is 4.28. The minimum atomic E-state index is 0.300. The number of rotatable bonds is 6. The average molecular weight is 263 g/mol. The Labute approximate surface area is 113 Å². The van der Waals surface area contributed by atoms with Crippen LogP contribution in [0.25, 0.3) is 11.0 Å². The predicted molar refractivity (Wildman–Crippen MR) is 80.4 cm³/mol. The Morgan fingerprint density at radius 2 is 2.17 bits per heavy atom. The maximum atomic E-state index is 5.93. The zero-order valence-corrected chi connectivity index (χ0v) is 12.1. The van der Waals surface area contributed by atoms with E-state index in [-0.39, 0.29) is 0 Å². The van der Waals surface area contributed by atoms with Gasteiger partial charge in [0.25, 0.3) is 0 Å². The third-order valence-electron chi connectivity index (χ3n) is 3.02. The summed E-state index contributed by atoms with van der Waals surface area (Å²) in [5.74, 6) is 3.31. The van der Waals surface area contributed by atoms with Gasteiger partial charge >= 0.3 is 0 Å². The van der Waals surface area contributed by atoms with Gasteiger partial charge in [-0.25, -0.2) is 0 Å². The van der Waals surface area contributed by atoms with Crippen LogP contribution in [0.3, 0.4) is 0 Å². The molecule has 1 N–H and O–H groups in total. The second-order valence-corrected chi connectivity index (χ2v) is 5.76. The van der Waals surface area contributed by atoms with Gasteiger partial charge in [-0.05, 0) is 44.3 Å². The highest BCUT2D eigenvalue weighted by molar-refractivity contribution is 7.99. The second-order valence-electron chi connectivity index (χ2n) is 4.61. The molecule has 1 heterocycles. The molecule has 2 nitrogen and oxygen atoms in total. The van der Waals surface area contributed by atoms with Gasteiger partial charge in [-0.15, -0.1) is 0 Å². The molecule has 2 aromatic rings. The Balaban J connectivity index is 2.17. The van der Waals surface area contributed by atoms with Crippen LogP contribution >= 0.6 is 11.8 Å². The molecule has 0 spiro atoms. The first kappa shape index (κ1) is 13.5. The van der Waals surface area contributed by atoms with Gasteiger partial charge in [0, 0.05) is 11.1 Å². The summed E-state index contributed by atoms with van der Waals surface area (Å²) in [5.41, 5.74) is 2.26. The molecule has 0 radical (unpaired) electrons. The molecule has 3 heteroatoms. The molecular formula is C15H21NOS. The molecular weight excluding hydrogens is 242 g/mol. The van der Waals surface area contributed by atoms with Crippen molar-refractivity contribution in [3.8, 4) is 0 Å². The number of fused-ring (bicyclic) bond motifs is 1. The van der Waals surface area contributed by atoms with Gasteiger partial charge in [-0.2, -0.15) is 11.8 Å². The van der Waals surface area contributed by atoms with Crippen molar-refractivity contribution in [3.05, 3.63) is 35.6 Å². The Kier molecular flexibility index (Phi) is 4.72. The highest BCUT2D eigenvalue weighted by Crippen LogP contribution is 2.26. The molecule has 0 aliphatic carbocycles. The largest absolute Gasteiger partial charge is 0.459 e. The van der Waals surface area contributed by atoms with Gasteiger partial charge in [0.2, 0.25) is 0 Å². The van der Waals surface area contributed by atoms with Gasteiger partial charge in [-0.1, -0.05) is 18.6 Å². The topological polar surface area (TPSA) is 25.2 Å². The molecule has 1 aromatic heterocycles. The molecule has 0 aliphatic heterocycles. The summed E-state index contributed by atoms with van der Waals surface area (Å²) in [5, 5.41) is 4.54. The molecule has 0 fully saturated rings. The van der Waals surface area contributed by atoms with E-state index in [4.69, 9.17) is 4.42 Å². The van der Waals surface area contributed by atoms with E-state index >= 15 is 0 Å². The van der Waals surface area contributed by atoms with Crippen LogP contribution in [0.5, 0.6) is 0 Å². The molecule has 0 saturated carbocycles. The lowest BCUT2D eigenvalue weighted by molar-refractivity contribution is 0.479. The van der Waals surface area contributed by atoms with Gasteiger partial charge in [0.15, 0.2) is 0 Å². The molecule has 0 aliphatic rings. The van der Waals surface area contributed by atoms with Crippen LogP contribution in [-0.4, -0.2) is 18.6 Å². The summed E-state index contributed by atoms with van der Waals surface area (Å²) in [4.78, 5) is 0. The zero-order valence-electron chi connectivity index (χ0n) is 11.3. The van der Waals surface area contributed by atoms with E-state index in [1.807, 2.05) is 18.8 Å². The van der Waals surface area contributed by atoms with Crippen molar-refractivity contribution in [1.82, 2.24) is 5.32 Å².